The van der Waals surface area contributed by atoms with Gasteiger partial charge < -0.3 is 4.98 Å². The molecule has 12 rings (SSSR count). The molecule has 1 aliphatic carbocycles. The van der Waals surface area contributed by atoms with Crippen LogP contribution in [0.5, 0.6) is 0 Å². The molecule has 0 amide bonds. The van der Waals surface area contributed by atoms with Crippen LogP contribution in [-0.4, -0.2) is 19.5 Å². The lowest BCUT2D eigenvalue weighted by molar-refractivity contribution is 0.535. The molecule has 4 heteroatoms. The predicted molar refractivity (Wildman–Crippen MR) is 292 cm³/mol. The van der Waals surface area contributed by atoms with Crippen molar-refractivity contribution in [1.82, 2.24) is 19.5 Å². The smallest absolute Gasteiger partial charge is 0.147 e. The molecule has 1 N–H and O–H groups in total. The van der Waals surface area contributed by atoms with E-state index >= 15 is 0 Å². The van der Waals surface area contributed by atoms with Crippen LogP contribution in [0.1, 0.15) is 100 Å². The minimum atomic E-state index is -0.680. The second-order valence-corrected chi connectivity index (χ2v) is 21.9. The van der Waals surface area contributed by atoms with Gasteiger partial charge in [0.05, 0.1) is 27.7 Å². The molecule has 0 fully saturated rings. The summed E-state index contributed by atoms with van der Waals surface area (Å²) >= 11 is 0. The van der Waals surface area contributed by atoms with Crippen LogP contribution in [-0.2, 0) is 21.7 Å². The van der Waals surface area contributed by atoms with Crippen molar-refractivity contribution >= 4 is 32.8 Å². The molecule has 3 aromatic heterocycles. The molecular formula is C66H58N4. The molecule has 3 heterocycles. The van der Waals surface area contributed by atoms with Gasteiger partial charge in [0.1, 0.15) is 5.82 Å². The van der Waals surface area contributed by atoms with Gasteiger partial charge in [-0.1, -0.05) is 195 Å². The van der Waals surface area contributed by atoms with E-state index in [9.17, 15) is 0 Å². The zero-order chi connectivity index (χ0) is 48.2. The van der Waals surface area contributed by atoms with Crippen molar-refractivity contribution in [3.63, 3.8) is 0 Å². The van der Waals surface area contributed by atoms with E-state index in [0.717, 1.165) is 61.5 Å². The van der Waals surface area contributed by atoms with Crippen LogP contribution in [0.25, 0.3) is 72.2 Å². The Bertz CT molecular complexity index is 3800. The summed E-state index contributed by atoms with van der Waals surface area (Å²) in [5, 5.41) is 2.51. The summed E-state index contributed by atoms with van der Waals surface area (Å²) in [5.74, 6) is 0.908. The van der Waals surface area contributed by atoms with Crippen LogP contribution in [0.2, 0.25) is 0 Å². The van der Waals surface area contributed by atoms with Gasteiger partial charge in [-0.25, -0.2) is 4.98 Å². The molecular weight excluding hydrogens is 849 g/mol. The molecule has 0 spiro atoms. The van der Waals surface area contributed by atoms with Gasteiger partial charge in [0.25, 0.3) is 0 Å². The van der Waals surface area contributed by atoms with E-state index in [-0.39, 0.29) is 16.2 Å². The molecule has 1 atom stereocenters. The maximum Gasteiger partial charge on any atom is 0.147 e. The van der Waals surface area contributed by atoms with E-state index in [1.807, 2.05) is 12.3 Å². The van der Waals surface area contributed by atoms with Gasteiger partial charge >= 0.3 is 0 Å². The Morgan fingerprint density at radius 1 is 0.514 bits per heavy atom. The molecule has 0 saturated carbocycles. The van der Waals surface area contributed by atoms with Crippen molar-refractivity contribution in [3.8, 4) is 39.3 Å². The molecule has 0 aliphatic heterocycles. The van der Waals surface area contributed by atoms with Gasteiger partial charge in [0.15, 0.2) is 0 Å². The Hall–Kier alpha value is -7.82. The van der Waals surface area contributed by atoms with Gasteiger partial charge in [-0.3, -0.25) is 9.55 Å². The number of imidazole rings is 1. The number of para-hydroxylation sites is 3. The Balaban J connectivity index is 1.11. The predicted octanol–water partition coefficient (Wildman–Crippen LogP) is 16.7. The molecule has 342 valence electrons. The van der Waals surface area contributed by atoms with Crippen molar-refractivity contribution in [3.05, 3.63) is 245 Å². The monoisotopic (exact) mass is 906 g/mol. The second-order valence-electron chi connectivity index (χ2n) is 21.9. The van der Waals surface area contributed by atoms with E-state index < -0.39 is 5.41 Å². The number of aromatic nitrogens is 4. The van der Waals surface area contributed by atoms with Gasteiger partial charge in [-0.05, 0) is 121 Å². The number of aromatic amines is 1. The first-order valence-electron chi connectivity index (χ1n) is 24.7. The lowest BCUT2D eigenvalue weighted by atomic mass is 9.69. The quantitative estimate of drug-likeness (QED) is 0.173. The summed E-state index contributed by atoms with van der Waals surface area (Å²) in [4.78, 5) is 15.0. The highest BCUT2D eigenvalue weighted by atomic mass is 15.1. The molecule has 1 unspecified atom stereocenters. The topological polar surface area (TPSA) is 46.5 Å². The highest BCUT2D eigenvalue weighted by molar-refractivity contribution is 6.14. The number of fused-ring (bicyclic) bond motifs is 7. The summed E-state index contributed by atoms with van der Waals surface area (Å²) in [6, 6.07) is 71.2. The van der Waals surface area contributed by atoms with Gasteiger partial charge in [0, 0.05) is 44.7 Å². The lowest BCUT2D eigenvalue weighted by Gasteiger charge is -2.33. The highest BCUT2D eigenvalue weighted by Gasteiger charge is 2.48. The first kappa shape index (κ1) is 43.5. The van der Waals surface area contributed by atoms with E-state index in [1.54, 1.807) is 0 Å². The first-order valence-corrected chi connectivity index (χ1v) is 24.7. The molecule has 70 heavy (non-hydrogen) atoms. The summed E-state index contributed by atoms with van der Waals surface area (Å²) < 4.78 is 2.37. The minimum Gasteiger partial charge on any atom is -0.354 e. The normalized spacial score (nSPS) is 14.9. The van der Waals surface area contributed by atoms with Gasteiger partial charge in [0.2, 0.25) is 0 Å². The molecule has 1 aliphatic rings. The molecule has 4 nitrogen and oxygen atoms in total. The summed E-state index contributed by atoms with van der Waals surface area (Å²) in [5.41, 5.74) is 19.8. The third kappa shape index (κ3) is 6.56. The van der Waals surface area contributed by atoms with Crippen LogP contribution < -0.4 is 0 Å². The molecule has 0 bridgehead atoms. The Morgan fingerprint density at radius 2 is 1.20 bits per heavy atom. The number of H-pyrrole nitrogens is 1. The number of nitrogens with zero attached hydrogens (tertiary/aromatic N) is 3. The fourth-order valence-electron chi connectivity index (χ4n) is 11.9. The van der Waals surface area contributed by atoms with E-state index in [2.05, 4.69) is 253 Å². The zero-order valence-electron chi connectivity index (χ0n) is 41.4. The molecule has 11 aromatic rings. The Kier molecular flexibility index (Phi) is 9.85. The fraction of sp³-hybridized carbons (Fsp3) is 0.182. The van der Waals surface area contributed by atoms with E-state index in [1.165, 1.54) is 55.3 Å². The van der Waals surface area contributed by atoms with Gasteiger partial charge in [-0.15, -0.1) is 0 Å². The van der Waals surface area contributed by atoms with Crippen LogP contribution in [0.15, 0.2) is 200 Å². The third-order valence-corrected chi connectivity index (χ3v) is 15.2. The molecule has 0 radical (unpaired) electrons. The number of benzene rings is 8. The second kappa shape index (κ2) is 15.9. The number of nitrogens with one attached hydrogen (secondary N) is 1. The summed E-state index contributed by atoms with van der Waals surface area (Å²) in [7, 11) is 0. The maximum atomic E-state index is 5.83. The third-order valence-electron chi connectivity index (χ3n) is 15.2. The van der Waals surface area contributed by atoms with Gasteiger partial charge in [-0.2, -0.15) is 0 Å². The Labute approximate surface area is 411 Å². The lowest BCUT2D eigenvalue weighted by Crippen LogP contribution is -2.30. The molecule has 8 aromatic carbocycles. The van der Waals surface area contributed by atoms with E-state index in [0.29, 0.717) is 0 Å². The Morgan fingerprint density at radius 3 is 1.96 bits per heavy atom. The largest absolute Gasteiger partial charge is 0.354 e. The number of pyridine rings is 1. The molecule has 0 saturated heterocycles. The standard InChI is InChI=1S/C66H58N4/c1-63(2,3)54-41-51(61-58(59(54)64(4,5)6)49-30-16-18-33-55(49)68-61)62-69-60-47(31-22-34-56(60)70(62)46-27-13-10-14-28-46)42-23-21-26-45(39-42)66(57-35-19-20-38-67-57)52-32-17-15-29-48(52)50-40-44(36-37-53(50)66)65(7,8)43-24-11-9-12-25-43/h9-41,68H,1-8H3. The van der Waals surface area contributed by atoms with Crippen LogP contribution >= 0.6 is 0 Å². The van der Waals surface area contributed by atoms with Crippen LogP contribution in [0, 0.1) is 0 Å². The average Bonchev–Trinajstić information content (AvgIpc) is 4.05. The van der Waals surface area contributed by atoms with E-state index in [4.69, 9.17) is 9.97 Å². The van der Waals surface area contributed by atoms with Crippen molar-refractivity contribution in [2.45, 2.75) is 77.0 Å². The highest BCUT2D eigenvalue weighted by Crippen LogP contribution is 2.57. The first-order chi connectivity index (χ1) is 33.8. The van der Waals surface area contributed by atoms with Crippen molar-refractivity contribution in [1.29, 1.82) is 0 Å². The average molecular weight is 907 g/mol. The summed E-state index contributed by atoms with van der Waals surface area (Å²) in [6.07, 6.45) is 1.94. The van der Waals surface area contributed by atoms with Crippen molar-refractivity contribution < 1.29 is 0 Å². The number of hydrogen-bond acceptors (Lipinski definition) is 2. The minimum absolute atomic E-state index is 0.115. The van der Waals surface area contributed by atoms with Crippen LogP contribution in [0.4, 0.5) is 0 Å². The van der Waals surface area contributed by atoms with Crippen molar-refractivity contribution in [2.24, 2.45) is 0 Å². The van der Waals surface area contributed by atoms with Crippen LogP contribution in [0.3, 0.4) is 0 Å². The number of hydrogen-bond donors (Lipinski definition) is 1. The summed E-state index contributed by atoms with van der Waals surface area (Å²) in [6.45, 7) is 18.7. The fourth-order valence-corrected chi connectivity index (χ4v) is 11.9. The maximum absolute atomic E-state index is 5.83. The SMILES string of the molecule is CC(C)(C)c1cc(-c2nc3c(-c4cccc(C5(c6ccccn6)c6ccccc6-c6cc(C(C)(C)c7ccccc7)ccc65)c4)cccc3n2-c2ccccc2)c2[nH]c3ccccc3c2c1C(C)(C)C. The number of rotatable bonds is 7. The zero-order valence-corrected chi connectivity index (χ0v) is 41.4. The van der Waals surface area contributed by atoms with Crippen molar-refractivity contribution in [2.75, 3.05) is 0 Å².